The molecule has 1 saturated heterocycles. The molecule has 0 saturated carbocycles. The van der Waals surface area contributed by atoms with Gasteiger partial charge in [-0.15, -0.1) is 0 Å². The molecule has 0 N–H and O–H groups in total. The normalized spacial score (nSPS) is 18.2. The number of nitrogens with zero attached hydrogens (tertiary/aromatic N) is 1. The molecule has 1 aromatic carbocycles. The van der Waals surface area contributed by atoms with Crippen LogP contribution in [0.5, 0.6) is 5.75 Å². The second kappa shape index (κ2) is 6.04. The molecule has 1 amide bonds. The first-order valence-electron chi connectivity index (χ1n) is 6.77. The molecule has 0 aliphatic carbocycles. The van der Waals surface area contributed by atoms with Crippen molar-refractivity contribution in [2.75, 3.05) is 13.1 Å². The van der Waals surface area contributed by atoms with E-state index in [9.17, 15) is 9.18 Å². The lowest BCUT2D eigenvalue weighted by molar-refractivity contribution is -0.139. The molecule has 0 spiro atoms. The number of piperidine rings is 1. The van der Waals surface area contributed by atoms with Crippen molar-refractivity contribution in [1.82, 2.24) is 4.90 Å². The van der Waals surface area contributed by atoms with Crippen LogP contribution in [0.25, 0.3) is 0 Å². The molecular formula is C15H20FNO2. The van der Waals surface area contributed by atoms with E-state index in [-0.39, 0.29) is 11.7 Å². The number of rotatable bonds is 3. The van der Waals surface area contributed by atoms with Crippen LogP contribution in [0.1, 0.15) is 26.7 Å². The van der Waals surface area contributed by atoms with E-state index in [1.54, 1.807) is 6.92 Å². The maximum absolute atomic E-state index is 12.8. The number of benzene rings is 1. The van der Waals surface area contributed by atoms with Crippen molar-refractivity contribution in [2.45, 2.75) is 32.8 Å². The van der Waals surface area contributed by atoms with Gasteiger partial charge in [-0.1, -0.05) is 6.92 Å². The molecule has 1 atom stereocenters. The monoisotopic (exact) mass is 265 g/mol. The molecule has 1 fully saturated rings. The average molecular weight is 265 g/mol. The number of ether oxygens (including phenoxy) is 1. The Morgan fingerprint density at radius 3 is 2.47 bits per heavy atom. The number of carbonyl (C=O) groups is 1. The van der Waals surface area contributed by atoms with Gasteiger partial charge >= 0.3 is 0 Å². The first-order chi connectivity index (χ1) is 9.06. The van der Waals surface area contributed by atoms with E-state index in [1.807, 2.05) is 4.90 Å². The maximum Gasteiger partial charge on any atom is 0.263 e. The topological polar surface area (TPSA) is 29.5 Å². The standard InChI is InChI=1S/C15H20FNO2/c1-11-7-9-17(10-8-11)15(18)12(2)19-14-5-3-13(16)4-6-14/h3-6,11-12H,7-10H2,1-2H3/t12-/m0/s1. The van der Waals surface area contributed by atoms with E-state index in [0.29, 0.717) is 11.7 Å². The summed E-state index contributed by atoms with van der Waals surface area (Å²) in [5.41, 5.74) is 0. The molecule has 3 nitrogen and oxygen atoms in total. The molecule has 0 unspecified atom stereocenters. The van der Waals surface area contributed by atoms with Crippen LogP contribution in [0, 0.1) is 11.7 Å². The van der Waals surface area contributed by atoms with E-state index < -0.39 is 6.10 Å². The lowest BCUT2D eigenvalue weighted by Crippen LogP contribution is -2.44. The molecule has 0 bridgehead atoms. The molecule has 0 aromatic heterocycles. The Hall–Kier alpha value is -1.58. The Bertz CT molecular complexity index is 424. The van der Waals surface area contributed by atoms with E-state index >= 15 is 0 Å². The van der Waals surface area contributed by atoms with Crippen LogP contribution in [0.2, 0.25) is 0 Å². The SMILES string of the molecule is CC1CCN(C(=O)[C@H](C)Oc2ccc(F)cc2)CC1. The summed E-state index contributed by atoms with van der Waals surface area (Å²) in [6.45, 7) is 5.55. The molecule has 1 heterocycles. The minimum Gasteiger partial charge on any atom is -0.481 e. The Balaban J connectivity index is 1.90. The van der Waals surface area contributed by atoms with E-state index in [4.69, 9.17) is 4.74 Å². The second-order valence-corrected chi connectivity index (χ2v) is 5.22. The molecule has 1 aromatic rings. The van der Waals surface area contributed by atoms with Crippen LogP contribution in [0.3, 0.4) is 0 Å². The zero-order valence-electron chi connectivity index (χ0n) is 11.4. The minimum absolute atomic E-state index is 0.0104. The molecule has 1 aliphatic heterocycles. The smallest absolute Gasteiger partial charge is 0.263 e. The lowest BCUT2D eigenvalue weighted by Gasteiger charge is -2.32. The van der Waals surface area contributed by atoms with E-state index in [2.05, 4.69) is 6.92 Å². The quantitative estimate of drug-likeness (QED) is 0.841. The largest absolute Gasteiger partial charge is 0.481 e. The Morgan fingerprint density at radius 1 is 1.32 bits per heavy atom. The predicted octanol–water partition coefficient (Wildman–Crippen LogP) is 2.85. The molecule has 4 heteroatoms. The first-order valence-corrected chi connectivity index (χ1v) is 6.77. The van der Waals surface area contributed by atoms with Crippen molar-refractivity contribution in [3.8, 4) is 5.75 Å². The van der Waals surface area contributed by atoms with Crippen molar-refractivity contribution in [1.29, 1.82) is 0 Å². The van der Waals surface area contributed by atoms with Crippen LogP contribution >= 0.6 is 0 Å². The van der Waals surface area contributed by atoms with Gasteiger partial charge < -0.3 is 9.64 Å². The summed E-state index contributed by atoms with van der Waals surface area (Å²) in [7, 11) is 0. The highest BCUT2D eigenvalue weighted by Crippen LogP contribution is 2.18. The highest BCUT2D eigenvalue weighted by molar-refractivity contribution is 5.81. The predicted molar refractivity (Wildman–Crippen MR) is 71.5 cm³/mol. The van der Waals surface area contributed by atoms with E-state index in [1.165, 1.54) is 24.3 Å². The van der Waals surface area contributed by atoms with Crippen molar-refractivity contribution in [2.24, 2.45) is 5.92 Å². The number of halogens is 1. The van der Waals surface area contributed by atoms with Crippen molar-refractivity contribution < 1.29 is 13.9 Å². The lowest BCUT2D eigenvalue weighted by atomic mass is 9.99. The summed E-state index contributed by atoms with van der Waals surface area (Å²) in [6, 6.07) is 5.74. The molecular weight excluding hydrogens is 245 g/mol. The zero-order chi connectivity index (χ0) is 13.8. The van der Waals surface area contributed by atoms with Gasteiger partial charge in [-0.25, -0.2) is 4.39 Å². The van der Waals surface area contributed by atoms with Crippen molar-refractivity contribution >= 4 is 5.91 Å². The highest BCUT2D eigenvalue weighted by atomic mass is 19.1. The molecule has 0 radical (unpaired) electrons. The van der Waals surface area contributed by atoms with Gasteiger partial charge in [0.1, 0.15) is 11.6 Å². The molecule has 19 heavy (non-hydrogen) atoms. The maximum atomic E-state index is 12.8. The fourth-order valence-electron chi connectivity index (χ4n) is 2.25. The van der Waals surface area contributed by atoms with Gasteiger partial charge in [-0.2, -0.15) is 0 Å². The van der Waals surface area contributed by atoms with Crippen LogP contribution in [0.4, 0.5) is 4.39 Å². The zero-order valence-corrected chi connectivity index (χ0v) is 11.4. The first kappa shape index (κ1) is 13.8. The van der Waals surface area contributed by atoms with Crippen molar-refractivity contribution in [3.63, 3.8) is 0 Å². The summed E-state index contributed by atoms with van der Waals surface area (Å²) < 4.78 is 18.3. The Kier molecular flexibility index (Phi) is 4.40. The molecule has 104 valence electrons. The van der Waals surface area contributed by atoms with Gasteiger partial charge in [0.2, 0.25) is 0 Å². The Labute approximate surface area is 113 Å². The number of amides is 1. The van der Waals surface area contributed by atoms with Crippen LogP contribution in [-0.2, 0) is 4.79 Å². The average Bonchev–Trinajstić information content (AvgIpc) is 2.41. The molecule has 2 rings (SSSR count). The van der Waals surface area contributed by atoms with Crippen molar-refractivity contribution in [3.05, 3.63) is 30.1 Å². The van der Waals surface area contributed by atoms with Crippen LogP contribution in [0.15, 0.2) is 24.3 Å². The number of carbonyl (C=O) groups excluding carboxylic acids is 1. The number of hydrogen-bond acceptors (Lipinski definition) is 2. The summed E-state index contributed by atoms with van der Waals surface area (Å²) in [4.78, 5) is 14.1. The van der Waals surface area contributed by atoms with E-state index in [0.717, 1.165) is 25.9 Å². The number of likely N-dealkylation sites (tertiary alicyclic amines) is 1. The summed E-state index contributed by atoms with van der Waals surface area (Å²) in [5.74, 6) is 0.914. The second-order valence-electron chi connectivity index (χ2n) is 5.22. The molecule has 1 aliphatic rings. The third-order valence-corrected chi connectivity index (χ3v) is 3.57. The third kappa shape index (κ3) is 3.69. The van der Waals surface area contributed by atoms with Gasteiger partial charge in [0, 0.05) is 13.1 Å². The highest BCUT2D eigenvalue weighted by Gasteiger charge is 2.25. The van der Waals surface area contributed by atoms with Gasteiger partial charge in [-0.05, 0) is 49.9 Å². The van der Waals surface area contributed by atoms with Gasteiger partial charge in [0.05, 0.1) is 0 Å². The fourth-order valence-corrected chi connectivity index (χ4v) is 2.25. The summed E-state index contributed by atoms with van der Waals surface area (Å²) in [6.07, 6.45) is 1.57. The minimum atomic E-state index is -0.529. The van der Waals surface area contributed by atoms with Crippen LogP contribution in [-0.4, -0.2) is 30.0 Å². The summed E-state index contributed by atoms with van der Waals surface area (Å²) in [5, 5.41) is 0. The van der Waals surface area contributed by atoms with Gasteiger partial charge in [0.25, 0.3) is 5.91 Å². The number of hydrogen-bond donors (Lipinski definition) is 0. The van der Waals surface area contributed by atoms with Gasteiger partial charge in [-0.3, -0.25) is 4.79 Å². The fraction of sp³-hybridized carbons (Fsp3) is 0.533. The third-order valence-electron chi connectivity index (χ3n) is 3.57. The Morgan fingerprint density at radius 2 is 1.89 bits per heavy atom. The van der Waals surface area contributed by atoms with Gasteiger partial charge in [0.15, 0.2) is 6.10 Å². The summed E-state index contributed by atoms with van der Waals surface area (Å²) >= 11 is 0. The van der Waals surface area contributed by atoms with Crippen LogP contribution < -0.4 is 4.74 Å².